The largest absolute Gasteiger partial charge is 0.439 e. The van der Waals surface area contributed by atoms with Crippen molar-refractivity contribution < 1.29 is 9.53 Å². The van der Waals surface area contributed by atoms with Crippen LogP contribution in [0.3, 0.4) is 0 Å². The van der Waals surface area contributed by atoms with Gasteiger partial charge in [-0.3, -0.25) is 4.79 Å². The third kappa shape index (κ3) is 3.39. The summed E-state index contributed by atoms with van der Waals surface area (Å²) >= 11 is 0. The molecule has 138 valence electrons. The van der Waals surface area contributed by atoms with Gasteiger partial charge in [0.1, 0.15) is 0 Å². The lowest BCUT2D eigenvalue weighted by atomic mass is 9.85. The molecule has 26 heavy (non-hydrogen) atoms. The molecule has 5 heteroatoms. The molecule has 1 amide bonds. The van der Waals surface area contributed by atoms with E-state index in [0.717, 1.165) is 42.4 Å². The van der Waals surface area contributed by atoms with Gasteiger partial charge in [-0.15, -0.1) is 0 Å². The zero-order valence-electron chi connectivity index (χ0n) is 16.2. The zero-order valence-corrected chi connectivity index (χ0v) is 16.2. The van der Waals surface area contributed by atoms with Gasteiger partial charge in [-0.05, 0) is 30.7 Å². The fourth-order valence-electron chi connectivity index (χ4n) is 3.11. The molecule has 0 fully saturated rings. The fourth-order valence-corrected chi connectivity index (χ4v) is 3.11. The number of hydrogen-bond donors (Lipinski definition) is 0. The molecule has 0 radical (unpaired) electrons. The van der Waals surface area contributed by atoms with E-state index in [2.05, 4.69) is 43.8 Å². The number of allylic oxidation sites excluding steroid dienone is 2. The highest BCUT2D eigenvalue weighted by atomic mass is 16.5. The number of hydrazone groups is 1. The molecule has 0 aromatic heterocycles. The molecule has 0 spiro atoms. The Balaban J connectivity index is 1.95. The van der Waals surface area contributed by atoms with Gasteiger partial charge in [-0.2, -0.15) is 5.10 Å². The van der Waals surface area contributed by atoms with E-state index in [0.29, 0.717) is 5.57 Å². The van der Waals surface area contributed by atoms with Crippen LogP contribution in [0.1, 0.15) is 40.5 Å². The predicted molar refractivity (Wildman–Crippen MR) is 105 cm³/mol. The second-order valence-corrected chi connectivity index (χ2v) is 7.69. The maximum absolute atomic E-state index is 12.5. The number of hydrogen-bond acceptors (Lipinski definition) is 4. The third-order valence-electron chi connectivity index (χ3n) is 4.50. The Bertz CT molecular complexity index is 800. The average Bonchev–Trinajstić information content (AvgIpc) is 3.09. The van der Waals surface area contributed by atoms with Crippen LogP contribution in [0.5, 0.6) is 5.75 Å². The second-order valence-electron chi connectivity index (χ2n) is 7.69. The summed E-state index contributed by atoms with van der Waals surface area (Å²) in [7, 11) is 1.69. The molecule has 0 saturated carbocycles. The molecular weight excluding hydrogens is 326 g/mol. The molecule has 2 aliphatic heterocycles. The molecule has 0 N–H and O–H groups in total. The highest BCUT2D eigenvalue weighted by Crippen LogP contribution is 2.39. The first-order valence-electron chi connectivity index (χ1n) is 9.17. The lowest BCUT2D eigenvalue weighted by Crippen LogP contribution is -2.23. The quantitative estimate of drug-likeness (QED) is 0.757. The van der Waals surface area contributed by atoms with E-state index < -0.39 is 0 Å². The molecule has 5 nitrogen and oxygen atoms in total. The lowest BCUT2D eigenvalue weighted by Gasteiger charge is -2.19. The van der Waals surface area contributed by atoms with Crippen molar-refractivity contribution in [3.63, 3.8) is 0 Å². The number of anilines is 1. The van der Waals surface area contributed by atoms with Crippen molar-refractivity contribution in [1.29, 1.82) is 0 Å². The Morgan fingerprint density at radius 3 is 2.62 bits per heavy atom. The van der Waals surface area contributed by atoms with Crippen LogP contribution < -0.4 is 9.64 Å². The number of nitrogens with zero attached hydrogens (tertiary/aromatic N) is 3. The number of para-hydroxylation sites is 2. The Morgan fingerprint density at radius 2 is 1.92 bits per heavy atom. The van der Waals surface area contributed by atoms with Crippen molar-refractivity contribution in [2.45, 2.75) is 40.5 Å². The van der Waals surface area contributed by atoms with Crippen molar-refractivity contribution in [2.75, 3.05) is 18.5 Å². The highest BCUT2D eigenvalue weighted by molar-refractivity contribution is 6.26. The molecule has 0 atom stereocenters. The Hall–Kier alpha value is -2.56. The zero-order chi connectivity index (χ0) is 18.9. The summed E-state index contributed by atoms with van der Waals surface area (Å²) in [5.74, 6) is 1.53. The predicted octanol–water partition coefficient (Wildman–Crippen LogP) is 4.33. The van der Waals surface area contributed by atoms with Crippen LogP contribution in [-0.4, -0.2) is 30.2 Å². The first-order chi connectivity index (χ1) is 12.3. The van der Waals surface area contributed by atoms with Gasteiger partial charge in [0.05, 0.1) is 17.0 Å². The first-order valence-corrected chi connectivity index (χ1v) is 9.17. The van der Waals surface area contributed by atoms with E-state index >= 15 is 0 Å². The van der Waals surface area contributed by atoms with Crippen molar-refractivity contribution in [2.24, 2.45) is 10.5 Å². The SMILES string of the molecule is CCCCN1/C(=C\C=C2\C(=O)N(C)N=C2C(C)(C)C)Oc2ccccc21. The summed E-state index contributed by atoms with van der Waals surface area (Å²) in [5, 5.41) is 5.83. The minimum Gasteiger partial charge on any atom is -0.439 e. The number of fused-ring (bicyclic) bond motifs is 1. The van der Waals surface area contributed by atoms with Crippen LogP contribution in [0, 0.1) is 5.41 Å². The second kappa shape index (κ2) is 6.98. The summed E-state index contributed by atoms with van der Waals surface area (Å²) in [6, 6.07) is 8.02. The molecule has 0 unspecified atom stereocenters. The van der Waals surface area contributed by atoms with E-state index in [1.165, 1.54) is 5.01 Å². The van der Waals surface area contributed by atoms with Gasteiger partial charge in [0.15, 0.2) is 5.75 Å². The fraction of sp³-hybridized carbons (Fsp3) is 0.429. The van der Waals surface area contributed by atoms with Gasteiger partial charge < -0.3 is 9.64 Å². The highest BCUT2D eigenvalue weighted by Gasteiger charge is 2.34. The molecule has 2 aliphatic rings. The summed E-state index contributed by atoms with van der Waals surface area (Å²) in [5.41, 5.74) is 2.30. The maximum atomic E-state index is 12.5. The van der Waals surface area contributed by atoms with Crippen molar-refractivity contribution in [3.8, 4) is 5.75 Å². The molecule has 3 rings (SSSR count). The summed E-state index contributed by atoms with van der Waals surface area (Å²) in [6.07, 6.45) is 5.92. The Labute approximate surface area is 155 Å². The van der Waals surface area contributed by atoms with Crippen LogP contribution in [0.15, 0.2) is 53.0 Å². The molecule has 0 saturated heterocycles. The topological polar surface area (TPSA) is 45.1 Å². The number of likely N-dealkylation sites (N-methyl/N-ethyl adjacent to an activating group) is 1. The van der Waals surface area contributed by atoms with E-state index in [1.807, 2.05) is 30.4 Å². The van der Waals surface area contributed by atoms with E-state index in [1.54, 1.807) is 7.05 Å². The number of carbonyl (C=O) groups is 1. The summed E-state index contributed by atoms with van der Waals surface area (Å²) in [6.45, 7) is 9.25. The van der Waals surface area contributed by atoms with Crippen LogP contribution in [0.2, 0.25) is 0 Å². The lowest BCUT2D eigenvalue weighted by molar-refractivity contribution is -0.124. The van der Waals surface area contributed by atoms with E-state index in [9.17, 15) is 4.79 Å². The number of carbonyl (C=O) groups excluding carboxylic acids is 1. The van der Waals surface area contributed by atoms with Crippen LogP contribution >= 0.6 is 0 Å². The Kier molecular flexibility index (Phi) is 4.90. The van der Waals surface area contributed by atoms with E-state index in [-0.39, 0.29) is 11.3 Å². The van der Waals surface area contributed by atoms with Gasteiger partial charge in [0, 0.05) is 19.0 Å². The molecule has 1 aromatic rings. The van der Waals surface area contributed by atoms with Gasteiger partial charge >= 0.3 is 0 Å². The third-order valence-corrected chi connectivity index (χ3v) is 4.50. The molecular formula is C21H27N3O2. The van der Waals surface area contributed by atoms with E-state index in [4.69, 9.17) is 4.74 Å². The van der Waals surface area contributed by atoms with Crippen molar-refractivity contribution in [3.05, 3.63) is 47.9 Å². The first kappa shape index (κ1) is 18.2. The standard InChI is InChI=1S/C21H27N3O2/c1-6-7-14-24-16-10-8-9-11-17(16)26-18(24)13-12-15-19(21(2,3)4)22-23(5)20(15)25/h8-13H,6-7,14H2,1-5H3/b15-12+,18-13+. The number of unbranched alkanes of at least 4 members (excludes halogenated alkanes) is 1. The van der Waals surface area contributed by atoms with Crippen molar-refractivity contribution >= 4 is 17.3 Å². The monoisotopic (exact) mass is 353 g/mol. The molecule has 0 bridgehead atoms. The minimum absolute atomic E-state index is 0.0811. The molecule has 0 aliphatic carbocycles. The smallest absolute Gasteiger partial charge is 0.275 e. The van der Waals surface area contributed by atoms with Crippen molar-refractivity contribution in [1.82, 2.24) is 5.01 Å². The van der Waals surface area contributed by atoms with Crippen LogP contribution in [0.4, 0.5) is 5.69 Å². The van der Waals surface area contributed by atoms with Crippen LogP contribution in [-0.2, 0) is 4.79 Å². The van der Waals surface area contributed by atoms with Gasteiger partial charge in [0.2, 0.25) is 5.88 Å². The van der Waals surface area contributed by atoms with Gasteiger partial charge in [0.25, 0.3) is 5.91 Å². The molecule has 1 aromatic carbocycles. The maximum Gasteiger partial charge on any atom is 0.275 e. The van der Waals surface area contributed by atoms with Gasteiger partial charge in [-0.1, -0.05) is 46.2 Å². The minimum atomic E-state index is -0.202. The number of ether oxygens (including phenoxy) is 1. The number of amides is 1. The number of benzene rings is 1. The summed E-state index contributed by atoms with van der Waals surface area (Å²) in [4.78, 5) is 14.7. The normalized spacial score (nSPS) is 20.0. The average molecular weight is 353 g/mol. The van der Waals surface area contributed by atoms with Crippen LogP contribution in [0.25, 0.3) is 0 Å². The Morgan fingerprint density at radius 1 is 1.19 bits per heavy atom. The summed E-state index contributed by atoms with van der Waals surface area (Å²) < 4.78 is 6.04. The molecule has 2 heterocycles. The number of rotatable bonds is 4. The van der Waals surface area contributed by atoms with Gasteiger partial charge in [-0.25, -0.2) is 5.01 Å².